The minimum atomic E-state index is -0.217. The van der Waals surface area contributed by atoms with Crippen LogP contribution in [0, 0.1) is 5.82 Å². The first-order chi connectivity index (χ1) is 8.20. The summed E-state index contributed by atoms with van der Waals surface area (Å²) in [6.45, 7) is 1.08. The summed E-state index contributed by atoms with van der Waals surface area (Å²) < 4.78 is 13.8. The topological polar surface area (TPSA) is 29.3 Å². The van der Waals surface area contributed by atoms with Crippen LogP contribution in [-0.2, 0) is 13.1 Å². The van der Waals surface area contributed by atoms with Crippen LogP contribution in [0.4, 0.5) is 10.1 Å². The van der Waals surface area contributed by atoms with Crippen LogP contribution in [0.25, 0.3) is 0 Å². The van der Waals surface area contributed by atoms with Crippen LogP contribution < -0.4 is 10.6 Å². The molecule has 0 aliphatic heterocycles. The first-order valence-corrected chi connectivity index (χ1v) is 6.35. The minimum Gasteiger partial charge on any atom is -0.368 e. The van der Waals surface area contributed by atoms with Gasteiger partial charge in [-0.1, -0.05) is 6.07 Å². The van der Waals surface area contributed by atoms with E-state index < -0.39 is 0 Å². The maximum absolute atomic E-state index is 13.8. The molecule has 17 heavy (non-hydrogen) atoms. The largest absolute Gasteiger partial charge is 0.368 e. The molecule has 0 atom stereocenters. The molecular weight excluding hydrogens is 235 g/mol. The van der Waals surface area contributed by atoms with Crippen LogP contribution in [-0.4, -0.2) is 7.05 Å². The highest BCUT2D eigenvalue weighted by atomic mass is 32.1. The van der Waals surface area contributed by atoms with Crippen molar-refractivity contribution in [2.24, 2.45) is 5.73 Å². The van der Waals surface area contributed by atoms with E-state index in [4.69, 9.17) is 5.73 Å². The number of hydrogen-bond acceptors (Lipinski definition) is 3. The van der Waals surface area contributed by atoms with E-state index >= 15 is 0 Å². The summed E-state index contributed by atoms with van der Waals surface area (Å²) in [5.41, 5.74) is 8.09. The summed E-state index contributed by atoms with van der Waals surface area (Å²) in [6.07, 6.45) is 0. The van der Waals surface area contributed by atoms with Crippen molar-refractivity contribution >= 4 is 17.0 Å². The molecule has 0 bridgehead atoms. The Labute approximate surface area is 104 Å². The Bertz CT molecular complexity index is 482. The number of nitrogens with two attached hydrogens (primary N) is 1. The number of thiophene rings is 1. The number of benzene rings is 1. The number of rotatable bonds is 4. The van der Waals surface area contributed by atoms with E-state index in [9.17, 15) is 4.39 Å². The van der Waals surface area contributed by atoms with E-state index in [1.807, 2.05) is 29.5 Å². The minimum absolute atomic E-state index is 0.217. The first kappa shape index (κ1) is 12.1. The van der Waals surface area contributed by atoms with Gasteiger partial charge in [-0.05, 0) is 40.1 Å². The summed E-state index contributed by atoms with van der Waals surface area (Å²) in [6, 6.07) is 7.19. The molecular formula is C13H15FN2S. The van der Waals surface area contributed by atoms with Crippen molar-refractivity contribution in [1.82, 2.24) is 0 Å². The summed E-state index contributed by atoms with van der Waals surface area (Å²) in [4.78, 5) is 1.90. The predicted octanol–water partition coefficient (Wildman–Crippen LogP) is 2.98. The maximum Gasteiger partial charge on any atom is 0.146 e. The van der Waals surface area contributed by atoms with Crippen LogP contribution in [0.15, 0.2) is 35.0 Å². The van der Waals surface area contributed by atoms with Gasteiger partial charge in [0.05, 0.1) is 5.69 Å². The normalized spacial score (nSPS) is 10.5. The van der Waals surface area contributed by atoms with E-state index in [-0.39, 0.29) is 5.82 Å². The fraction of sp³-hybridized carbons (Fsp3) is 0.231. The van der Waals surface area contributed by atoms with Gasteiger partial charge in [-0.3, -0.25) is 0 Å². The quantitative estimate of drug-likeness (QED) is 0.904. The molecule has 0 fully saturated rings. The molecule has 0 radical (unpaired) electrons. The van der Waals surface area contributed by atoms with Crippen molar-refractivity contribution in [3.8, 4) is 0 Å². The van der Waals surface area contributed by atoms with Gasteiger partial charge in [0, 0.05) is 20.1 Å². The zero-order chi connectivity index (χ0) is 12.3. The van der Waals surface area contributed by atoms with Gasteiger partial charge < -0.3 is 10.6 Å². The van der Waals surface area contributed by atoms with E-state index in [1.54, 1.807) is 17.4 Å². The van der Waals surface area contributed by atoms with Crippen LogP contribution in [0.2, 0.25) is 0 Å². The molecule has 2 nitrogen and oxygen atoms in total. The highest BCUT2D eigenvalue weighted by molar-refractivity contribution is 7.07. The molecule has 0 amide bonds. The van der Waals surface area contributed by atoms with E-state index in [1.165, 1.54) is 11.6 Å². The Morgan fingerprint density at radius 3 is 2.71 bits per heavy atom. The van der Waals surface area contributed by atoms with Crippen molar-refractivity contribution < 1.29 is 4.39 Å². The zero-order valence-corrected chi connectivity index (χ0v) is 10.5. The highest BCUT2D eigenvalue weighted by Crippen LogP contribution is 2.21. The van der Waals surface area contributed by atoms with Gasteiger partial charge in [-0.25, -0.2) is 4.39 Å². The van der Waals surface area contributed by atoms with E-state index in [0.717, 1.165) is 5.56 Å². The van der Waals surface area contributed by atoms with Gasteiger partial charge in [-0.2, -0.15) is 11.3 Å². The molecule has 2 N–H and O–H groups in total. The lowest BCUT2D eigenvalue weighted by atomic mass is 10.2. The van der Waals surface area contributed by atoms with Gasteiger partial charge in [0.15, 0.2) is 0 Å². The summed E-state index contributed by atoms with van der Waals surface area (Å²) in [5, 5.41) is 4.10. The third-order valence-corrected chi connectivity index (χ3v) is 3.39. The fourth-order valence-electron chi connectivity index (χ4n) is 1.73. The van der Waals surface area contributed by atoms with Crippen molar-refractivity contribution in [1.29, 1.82) is 0 Å². The van der Waals surface area contributed by atoms with Gasteiger partial charge in [0.1, 0.15) is 5.82 Å². The molecule has 1 aromatic heterocycles. The van der Waals surface area contributed by atoms with Crippen molar-refractivity contribution in [3.05, 3.63) is 52.0 Å². The van der Waals surface area contributed by atoms with Gasteiger partial charge in [0.2, 0.25) is 0 Å². The summed E-state index contributed by atoms with van der Waals surface area (Å²) in [5.74, 6) is -0.217. The van der Waals surface area contributed by atoms with Gasteiger partial charge >= 0.3 is 0 Å². The monoisotopic (exact) mass is 250 g/mol. The Morgan fingerprint density at radius 1 is 1.29 bits per heavy atom. The molecule has 2 aromatic rings. The second-order valence-electron chi connectivity index (χ2n) is 3.98. The van der Waals surface area contributed by atoms with Crippen molar-refractivity contribution in [2.75, 3.05) is 11.9 Å². The third-order valence-electron chi connectivity index (χ3n) is 2.66. The molecule has 0 unspecified atom stereocenters. The maximum atomic E-state index is 13.8. The van der Waals surface area contributed by atoms with Gasteiger partial charge in [-0.15, -0.1) is 0 Å². The Hall–Kier alpha value is -1.39. The van der Waals surface area contributed by atoms with Crippen LogP contribution in [0.1, 0.15) is 11.1 Å². The van der Waals surface area contributed by atoms with Crippen molar-refractivity contribution in [2.45, 2.75) is 13.1 Å². The lowest BCUT2D eigenvalue weighted by molar-refractivity contribution is 0.620. The van der Waals surface area contributed by atoms with Crippen molar-refractivity contribution in [3.63, 3.8) is 0 Å². The van der Waals surface area contributed by atoms with E-state index in [2.05, 4.69) is 5.38 Å². The molecule has 0 aliphatic rings. The van der Waals surface area contributed by atoms with Crippen LogP contribution >= 0.6 is 11.3 Å². The van der Waals surface area contributed by atoms with Crippen LogP contribution in [0.3, 0.4) is 0 Å². The fourth-order valence-corrected chi connectivity index (χ4v) is 2.39. The molecule has 0 saturated carbocycles. The third kappa shape index (κ3) is 2.84. The van der Waals surface area contributed by atoms with E-state index in [0.29, 0.717) is 18.8 Å². The number of nitrogens with zero attached hydrogens (tertiary/aromatic N) is 1. The Kier molecular flexibility index (Phi) is 3.76. The number of hydrogen-bond donors (Lipinski definition) is 1. The average molecular weight is 250 g/mol. The van der Waals surface area contributed by atoms with Gasteiger partial charge in [0.25, 0.3) is 0 Å². The number of anilines is 1. The average Bonchev–Trinajstić information content (AvgIpc) is 2.81. The standard InChI is InChI=1S/C13H15FN2S/c1-16(8-11-4-5-17-9-11)13-3-2-10(7-15)6-12(13)14/h2-6,9H,7-8,15H2,1H3. The number of halogens is 1. The smallest absolute Gasteiger partial charge is 0.146 e. The first-order valence-electron chi connectivity index (χ1n) is 5.41. The zero-order valence-electron chi connectivity index (χ0n) is 9.69. The molecule has 0 spiro atoms. The van der Waals surface area contributed by atoms with Crippen LogP contribution in [0.5, 0.6) is 0 Å². The molecule has 2 rings (SSSR count). The molecule has 4 heteroatoms. The lowest BCUT2D eigenvalue weighted by Crippen LogP contribution is -2.17. The molecule has 1 aromatic carbocycles. The molecule has 90 valence electrons. The summed E-state index contributed by atoms with van der Waals surface area (Å²) >= 11 is 1.65. The lowest BCUT2D eigenvalue weighted by Gasteiger charge is -2.19. The molecule has 0 saturated heterocycles. The molecule has 0 aliphatic carbocycles. The Morgan fingerprint density at radius 2 is 2.12 bits per heavy atom. The highest BCUT2D eigenvalue weighted by Gasteiger charge is 2.08. The second-order valence-corrected chi connectivity index (χ2v) is 4.76. The Balaban J connectivity index is 2.16. The SMILES string of the molecule is CN(Cc1ccsc1)c1ccc(CN)cc1F. The second kappa shape index (κ2) is 5.29. The molecule has 1 heterocycles. The predicted molar refractivity (Wildman–Crippen MR) is 70.7 cm³/mol. The summed E-state index contributed by atoms with van der Waals surface area (Å²) in [7, 11) is 1.89.